The fourth-order valence-electron chi connectivity index (χ4n) is 2.39. The molecule has 1 aliphatic carbocycles. The van der Waals surface area contributed by atoms with Gasteiger partial charge in [0, 0.05) is 18.4 Å². The third-order valence-corrected chi connectivity index (χ3v) is 3.78. The number of hydrogen-bond donors (Lipinski definition) is 2. The molecule has 1 heterocycles. The van der Waals surface area contributed by atoms with E-state index in [2.05, 4.69) is 17.2 Å². The molecule has 2 N–H and O–H groups in total. The highest BCUT2D eigenvalue weighted by Crippen LogP contribution is 2.46. The molecule has 6 heteroatoms. The Morgan fingerprint density at radius 2 is 2.23 bits per heavy atom. The summed E-state index contributed by atoms with van der Waals surface area (Å²) in [6.45, 7) is 0.435. The summed E-state index contributed by atoms with van der Waals surface area (Å²) >= 11 is 0. The molecule has 0 radical (unpaired) electrons. The van der Waals surface area contributed by atoms with E-state index in [0.717, 1.165) is 12.8 Å². The molecular weight excluding hydrogens is 292 g/mol. The van der Waals surface area contributed by atoms with Crippen molar-refractivity contribution in [3.05, 3.63) is 29.3 Å². The molecule has 0 saturated heterocycles. The largest absolute Gasteiger partial charge is 0.418 e. The quantitative estimate of drug-likeness (QED) is 0.826. The Hall–Kier alpha value is -2.13. The molecule has 3 rings (SSSR count). The van der Waals surface area contributed by atoms with Crippen LogP contribution in [0.3, 0.4) is 0 Å². The highest BCUT2D eigenvalue weighted by Gasteiger charge is 2.57. The molecule has 0 aromatic heterocycles. The lowest BCUT2D eigenvalue weighted by molar-refractivity contribution is -0.142. The zero-order valence-corrected chi connectivity index (χ0v) is 12.0. The molecule has 4 nitrogen and oxygen atoms in total. The van der Waals surface area contributed by atoms with Crippen molar-refractivity contribution in [2.75, 3.05) is 5.32 Å². The lowest BCUT2D eigenvalue weighted by Crippen LogP contribution is -2.50. The van der Waals surface area contributed by atoms with E-state index in [9.17, 15) is 13.6 Å². The molecule has 116 valence electrons. The summed E-state index contributed by atoms with van der Waals surface area (Å²) in [6.07, 6.45) is 0.774. The first-order chi connectivity index (χ1) is 10.4. The molecule has 1 saturated carbocycles. The molecule has 1 aliphatic heterocycles. The third kappa shape index (κ3) is 2.42. The zero-order chi connectivity index (χ0) is 16.0. The first-order valence-electron chi connectivity index (χ1n) is 7.00. The van der Waals surface area contributed by atoms with Crippen LogP contribution in [-0.4, -0.2) is 17.1 Å². The maximum Gasteiger partial charge on any atom is 0.413 e. The van der Waals surface area contributed by atoms with Gasteiger partial charge in [0.05, 0.1) is 12.3 Å². The van der Waals surface area contributed by atoms with E-state index in [0.29, 0.717) is 12.5 Å². The number of carbonyl (C=O) groups is 1. The topological polar surface area (TPSA) is 58.6 Å². The van der Waals surface area contributed by atoms with Crippen molar-refractivity contribution < 1.29 is 23.4 Å². The number of anilines is 1. The zero-order valence-electron chi connectivity index (χ0n) is 12.0. The van der Waals surface area contributed by atoms with Crippen LogP contribution in [0.2, 0.25) is 0 Å². The maximum absolute atomic E-state index is 14.3. The second kappa shape index (κ2) is 4.96. The van der Waals surface area contributed by atoms with Crippen molar-refractivity contribution >= 4 is 11.8 Å². The number of aliphatic hydroxyl groups excluding tert-OH is 1. The number of cyclic esters (lactones) is 1. The third-order valence-electron chi connectivity index (χ3n) is 3.78. The van der Waals surface area contributed by atoms with Gasteiger partial charge in [0.2, 0.25) is 0 Å². The number of nitrogens with one attached hydrogen (secondary N) is 1. The van der Waals surface area contributed by atoms with E-state index in [1.54, 1.807) is 0 Å². The van der Waals surface area contributed by atoms with Gasteiger partial charge in [-0.1, -0.05) is 18.1 Å². The number of halogens is 2. The second-order valence-corrected chi connectivity index (χ2v) is 5.67. The number of rotatable bonds is 2. The summed E-state index contributed by atoms with van der Waals surface area (Å²) in [6, 6.07) is 4.38. The number of carbonyl (C=O) groups excluding carboxylic acids is 1. The Balaban J connectivity index is 2.18. The van der Waals surface area contributed by atoms with Crippen LogP contribution in [0.5, 0.6) is 0 Å². The Bertz CT molecular complexity index is 683. The number of alkyl halides is 2. The highest BCUT2D eigenvalue weighted by molar-refractivity contribution is 5.90. The monoisotopic (exact) mass is 307 g/mol. The highest BCUT2D eigenvalue weighted by atomic mass is 19.3. The van der Waals surface area contributed by atoms with Crippen molar-refractivity contribution in [2.45, 2.75) is 37.9 Å². The van der Waals surface area contributed by atoms with Gasteiger partial charge >= 0.3 is 6.09 Å². The van der Waals surface area contributed by atoms with Crippen LogP contribution >= 0.6 is 0 Å². The molecule has 22 heavy (non-hydrogen) atoms. The van der Waals surface area contributed by atoms with Crippen molar-refractivity contribution in [3.8, 4) is 11.8 Å². The number of benzene rings is 1. The van der Waals surface area contributed by atoms with E-state index in [4.69, 9.17) is 9.84 Å². The van der Waals surface area contributed by atoms with E-state index in [1.807, 2.05) is 0 Å². The Morgan fingerprint density at radius 1 is 1.50 bits per heavy atom. The van der Waals surface area contributed by atoms with E-state index < -0.39 is 17.6 Å². The molecule has 0 bridgehead atoms. The standard InChI is InChI=1S/C16H15F2NO3/c1-15(17,18)16(7-6-10-2-3-10)12-5-4-11(9-20)8-13(12)19-14(21)22-16/h4-5,8,10,20H,2-3,9H2,1H3,(H,19,21)/t16-/m1/s1. The lowest BCUT2D eigenvalue weighted by atomic mass is 9.85. The van der Waals surface area contributed by atoms with Crippen molar-refractivity contribution in [1.29, 1.82) is 0 Å². The predicted molar refractivity (Wildman–Crippen MR) is 75.3 cm³/mol. The molecule has 1 amide bonds. The molecule has 0 unspecified atom stereocenters. The van der Waals surface area contributed by atoms with Gasteiger partial charge < -0.3 is 9.84 Å². The molecule has 1 aromatic carbocycles. The van der Waals surface area contributed by atoms with Gasteiger partial charge in [0.25, 0.3) is 11.5 Å². The summed E-state index contributed by atoms with van der Waals surface area (Å²) in [5.41, 5.74) is -1.51. The van der Waals surface area contributed by atoms with Gasteiger partial charge in [-0.15, -0.1) is 0 Å². The molecule has 1 aromatic rings. The molecule has 2 aliphatic rings. The van der Waals surface area contributed by atoms with Crippen LogP contribution < -0.4 is 5.32 Å². The fraction of sp³-hybridized carbons (Fsp3) is 0.438. The van der Waals surface area contributed by atoms with Gasteiger partial charge in [-0.3, -0.25) is 5.32 Å². The summed E-state index contributed by atoms with van der Waals surface area (Å²) < 4.78 is 33.6. The molecule has 1 atom stereocenters. The van der Waals surface area contributed by atoms with Gasteiger partial charge in [-0.2, -0.15) is 0 Å². The number of amides is 1. The molecule has 1 fully saturated rings. The summed E-state index contributed by atoms with van der Waals surface area (Å²) in [5, 5.41) is 11.6. The maximum atomic E-state index is 14.3. The second-order valence-electron chi connectivity index (χ2n) is 5.67. The molecule has 0 spiro atoms. The van der Waals surface area contributed by atoms with E-state index in [1.165, 1.54) is 18.2 Å². The minimum Gasteiger partial charge on any atom is -0.418 e. The van der Waals surface area contributed by atoms with Crippen molar-refractivity contribution in [1.82, 2.24) is 0 Å². The Morgan fingerprint density at radius 3 is 2.82 bits per heavy atom. The number of aliphatic hydroxyl groups is 1. The number of hydrogen-bond acceptors (Lipinski definition) is 3. The van der Waals surface area contributed by atoms with Crippen molar-refractivity contribution in [2.24, 2.45) is 5.92 Å². The average molecular weight is 307 g/mol. The van der Waals surface area contributed by atoms with Crippen molar-refractivity contribution in [3.63, 3.8) is 0 Å². The fourth-order valence-corrected chi connectivity index (χ4v) is 2.39. The summed E-state index contributed by atoms with van der Waals surface area (Å²) in [4.78, 5) is 11.8. The summed E-state index contributed by atoms with van der Waals surface area (Å²) in [7, 11) is 0. The van der Waals surface area contributed by atoms with Gasteiger partial charge in [0.15, 0.2) is 0 Å². The van der Waals surface area contributed by atoms with Crippen LogP contribution in [0.15, 0.2) is 18.2 Å². The number of fused-ring (bicyclic) bond motifs is 1. The molecular formula is C16H15F2NO3. The predicted octanol–water partition coefficient (Wildman–Crippen LogP) is 3.00. The summed E-state index contributed by atoms with van der Waals surface area (Å²) in [5.74, 6) is 2.01. The minimum absolute atomic E-state index is 0.0907. The van der Waals surface area contributed by atoms with Crippen LogP contribution in [0.1, 0.15) is 30.9 Å². The van der Waals surface area contributed by atoms with Gasteiger partial charge in [0.1, 0.15) is 0 Å². The lowest BCUT2D eigenvalue weighted by Gasteiger charge is -2.38. The van der Waals surface area contributed by atoms with E-state index >= 15 is 0 Å². The van der Waals surface area contributed by atoms with Gasteiger partial charge in [-0.05, 0) is 30.4 Å². The minimum atomic E-state index is -3.37. The van der Waals surface area contributed by atoms with Crippen LogP contribution in [0.4, 0.5) is 19.3 Å². The Kier molecular flexibility index (Phi) is 3.33. The first kappa shape index (κ1) is 14.8. The van der Waals surface area contributed by atoms with E-state index in [-0.39, 0.29) is 23.8 Å². The average Bonchev–Trinajstić information content (AvgIpc) is 3.26. The smallest absolute Gasteiger partial charge is 0.413 e. The van der Waals surface area contributed by atoms with Crippen LogP contribution in [0.25, 0.3) is 0 Å². The van der Waals surface area contributed by atoms with Crippen LogP contribution in [-0.2, 0) is 16.9 Å². The van der Waals surface area contributed by atoms with Gasteiger partial charge in [-0.25, -0.2) is 13.6 Å². The normalized spacial score (nSPS) is 23.7. The Labute approximate surface area is 126 Å². The SMILES string of the molecule is CC(F)(F)[C@]1(C#CC2CC2)OC(=O)Nc2cc(CO)ccc21. The number of ether oxygens (including phenoxy) is 1. The first-order valence-corrected chi connectivity index (χ1v) is 7.00. The van der Waals surface area contributed by atoms with Crippen LogP contribution in [0, 0.1) is 17.8 Å².